The zero-order chi connectivity index (χ0) is 21.7. The lowest BCUT2D eigenvalue weighted by molar-refractivity contribution is -0.487. The SMILES string of the molecule is Cc1c2[n+]3c4c(cccc4c4cccc5c4c3n1C5)[Si](c1ccccc1)(c1ccccc1)O2. The van der Waals surface area contributed by atoms with E-state index in [9.17, 15) is 0 Å². The standard InChI is InChI=1S/C29H21N2OSi/c1-19-29-31-27-24(23-15-8-10-20-18-30(19)28(31)26(20)23)16-9-17-25(27)33(32-29,21-11-4-2-5-12-21)22-13-6-3-7-14-22/h2-17H,18H2,1H3/q+1. The molecule has 0 N–H and O–H groups in total. The number of fused-ring (bicyclic) bond motifs is 1. The molecule has 4 heteroatoms. The number of hydrogen-bond donors (Lipinski definition) is 0. The molecule has 33 heavy (non-hydrogen) atoms. The Hall–Kier alpha value is -3.89. The smallest absolute Gasteiger partial charge is 0.355 e. The molecule has 0 amide bonds. The second kappa shape index (κ2) is 5.91. The van der Waals surface area contributed by atoms with Crippen molar-refractivity contribution in [2.75, 3.05) is 0 Å². The van der Waals surface area contributed by atoms with E-state index in [1.165, 1.54) is 54.1 Å². The number of para-hydroxylation sites is 1. The highest BCUT2D eigenvalue weighted by Gasteiger charge is 2.52. The molecule has 0 unspecified atom stereocenters. The van der Waals surface area contributed by atoms with E-state index in [-0.39, 0.29) is 0 Å². The Morgan fingerprint density at radius 3 is 2.15 bits per heavy atom. The molecule has 0 radical (unpaired) electrons. The van der Waals surface area contributed by atoms with E-state index in [4.69, 9.17) is 4.43 Å². The van der Waals surface area contributed by atoms with Gasteiger partial charge in [0.2, 0.25) is 0 Å². The van der Waals surface area contributed by atoms with Crippen molar-refractivity contribution < 1.29 is 8.83 Å². The molecule has 0 aliphatic carbocycles. The van der Waals surface area contributed by atoms with Gasteiger partial charge in [-0.05, 0) is 10.4 Å². The number of benzene rings is 4. The number of hydrogen-bond acceptors (Lipinski definition) is 1. The summed E-state index contributed by atoms with van der Waals surface area (Å²) in [6.45, 7) is 3.12. The Morgan fingerprint density at radius 1 is 0.758 bits per heavy atom. The van der Waals surface area contributed by atoms with Gasteiger partial charge in [-0.15, -0.1) is 0 Å². The van der Waals surface area contributed by atoms with Crippen LogP contribution in [0.1, 0.15) is 11.3 Å². The number of nitrogens with zero attached hydrogens (tertiary/aromatic N) is 2. The van der Waals surface area contributed by atoms with E-state index in [0.717, 1.165) is 12.4 Å². The van der Waals surface area contributed by atoms with Gasteiger partial charge in [-0.25, -0.2) is 4.57 Å². The summed E-state index contributed by atoms with van der Waals surface area (Å²) in [7, 11) is -2.78. The van der Waals surface area contributed by atoms with E-state index in [2.05, 4.69) is 113 Å². The van der Waals surface area contributed by atoms with Crippen molar-refractivity contribution in [2.24, 2.45) is 0 Å². The van der Waals surface area contributed by atoms with Gasteiger partial charge in [-0.1, -0.05) is 97.1 Å². The molecule has 4 aromatic carbocycles. The Balaban J connectivity index is 1.66. The van der Waals surface area contributed by atoms with Crippen LogP contribution in [-0.2, 0) is 6.54 Å². The minimum atomic E-state index is -2.78. The Kier molecular flexibility index (Phi) is 3.16. The number of imidazole rings is 1. The van der Waals surface area contributed by atoms with Crippen molar-refractivity contribution in [1.29, 1.82) is 0 Å². The number of aromatic nitrogens is 2. The van der Waals surface area contributed by atoms with Gasteiger partial charge in [0.25, 0.3) is 5.65 Å². The Bertz CT molecular complexity index is 1730. The second-order valence-corrected chi connectivity index (χ2v) is 12.5. The summed E-state index contributed by atoms with van der Waals surface area (Å²) in [5, 5.41) is 7.91. The summed E-state index contributed by atoms with van der Waals surface area (Å²) in [6, 6.07) is 35.4. The van der Waals surface area contributed by atoms with Gasteiger partial charge in [0.1, 0.15) is 12.1 Å². The van der Waals surface area contributed by atoms with E-state index < -0.39 is 8.32 Å². The summed E-state index contributed by atoms with van der Waals surface area (Å²) < 4.78 is 12.2. The highest BCUT2D eigenvalue weighted by Crippen LogP contribution is 2.39. The average Bonchev–Trinajstić information content (AvgIpc) is 3.39. The minimum Gasteiger partial charge on any atom is -0.499 e. The van der Waals surface area contributed by atoms with Gasteiger partial charge in [0, 0.05) is 28.4 Å². The molecule has 2 aliphatic heterocycles. The average molecular weight is 442 g/mol. The van der Waals surface area contributed by atoms with Crippen LogP contribution in [0.4, 0.5) is 0 Å². The molecule has 0 atom stereocenters. The zero-order valence-corrected chi connectivity index (χ0v) is 19.2. The lowest BCUT2D eigenvalue weighted by atomic mass is 10.0. The summed E-state index contributed by atoms with van der Waals surface area (Å²) in [6.07, 6.45) is 0. The summed E-state index contributed by atoms with van der Waals surface area (Å²) in [5.41, 5.74) is 5.19. The van der Waals surface area contributed by atoms with Crippen LogP contribution in [0.2, 0.25) is 0 Å². The van der Waals surface area contributed by atoms with E-state index in [1.54, 1.807) is 0 Å². The molecule has 0 spiro atoms. The lowest BCUT2D eigenvalue weighted by Gasteiger charge is -2.34. The highest BCUT2D eigenvalue weighted by molar-refractivity contribution is 7.08. The first-order chi connectivity index (χ1) is 16.3. The van der Waals surface area contributed by atoms with E-state index in [1.807, 2.05) is 0 Å². The third kappa shape index (κ3) is 1.95. The fourth-order valence-corrected chi connectivity index (χ4v) is 10.3. The number of pyridine rings is 1. The first-order valence-electron chi connectivity index (χ1n) is 11.5. The number of rotatable bonds is 2. The van der Waals surface area contributed by atoms with Gasteiger partial charge < -0.3 is 4.43 Å². The summed E-state index contributed by atoms with van der Waals surface area (Å²) >= 11 is 0. The molecule has 3 nitrogen and oxygen atoms in total. The van der Waals surface area contributed by atoms with Crippen LogP contribution >= 0.6 is 0 Å². The van der Waals surface area contributed by atoms with Crippen molar-refractivity contribution in [3.05, 3.63) is 108 Å². The van der Waals surface area contributed by atoms with Crippen molar-refractivity contribution in [3.63, 3.8) is 0 Å². The Labute approximate surface area is 192 Å². The van der Waals surface area contributed by atoms with Crippen LogP contribution in [-0.4, -0.2) is 12.9 Å². The van der Waals surface area contributed by atoms with E-state index in [0.29, 0.717) is 0 Å². The molecule has 0 saturated heterocycles. The fraction of sp³-hybridized carbons (Fsp3) is 0.0690. The largest absolute Gasteiger partial charge is 0.499 e. The minimum absolute atomic E-state index is 0.905. The zero-order valence-electron chi connectivity index (χ0n) is 18.2. The third-order valence-electron chi connectivity index (χ3n) is 7.63. The molecular formula is C29H21N2OSi+. The fourth-order valence-electron chi connectivity index (χ4n) is 6.24. The summed E-state index contributed by atoms with van der Waals surface area (Å²) in [4.78, 5) is 0. The highest BCUT2D eigenvalue weighted by atomic mass is 28.4. The van der Waals surface area contributed by atoms with Gasteiger partial charge in [-0.3, -0.25) is 0 Å². The van der Waals surface area contributed by atoms with Crippen LogP contribution in [0.3, 0.4) is 0 Å². The molecule has 2 aliphatic rings. The monoisotopic (exact) mass is 441 g/mol. The molecule has 0 saturated carbocycles. The van der Waals surface area contributed by atoms with Gasteiger partial charge in [0.15, 0.2) is 5.69 Å². The molecule has 4 heterocycles. The molecule has 8 rings (SSSR count). The molecule has 156 valence electrons. The van der Waals surface area contributed by atoms with Crippen LogP contribution in [0.25, 0.3) is 27.3 Å². The first kappa shape index (κ1) is 17.6. The molecule has 2 aromatic heterocycles. The predicted molar refractivity (Wildman–Crippen MR) is 135 cm³/mol. The molecular weight excluding hydrogens is 420 g/mol. The van der Waals surface area contributed by atoms with Crippen LogP contribution in [0.15, 0.2) is 97.1 Å². The third-order valence-corrected chi connectivity index (χ3v) is 11.6. The van der Waals surface area contributed by atoms with Crippen LogP contribution in [0.5, 0.6) is 5.88 Å². The van der Waals surface area contributed by atoms with Gasteiger partial charge >= 0.3 is 14.2 Å². The van der Waals surface area contributed by atoms with Crippen molar-refractivity contribution >= 4 is 51.2 Å². The maximum absolute atomic E-state index is 7.36. The van der Waals surface area contributed by atoms with Crippen molar-refractivity contribution in [2.45, 2.75) is 13.5 Å². The Morgan fingerprint density at radius 2 is 1.42 bits per heavy atom. The lowest BCUT2D eigenvalue weighted by Crippen LogP contribution is -2.74. The molecule has 6 aromatic rings. The second-order valence-electron chi connectivity index (χ2n) is 9.19. The normalized spacial score (nSPS) is 15.2. The predicted octanol–water partition coefficient (Wildman–Crippen LogP) is 3.56. The van der Waals surface area contributed by atoms with Gasteiger partial charge in [-0.2, -0.15) is 4.40 Å². The van der Waals surface area contributed by atoms with Gasteiger partial charge in [0.05, 0.1) is 5.39 Å². The first-order valence-corrected chi connectivity index (χ1v) is 13.4. The summed E-state index contributed by atoms with van der Waals surface area (Å²) in [5.74, 6) is 1.00. The topological polar surface area (TPSA) is 18.3 Å². The van der Waals surface area contributed by atoms with Crippen LogP contribution in [0, 0.1) is 6.92 Å². The van der Waals surface area contributed by atoms with E-state index >= 15 is 0 Å². The molecule has 0 fully saturated rings. The quantitative estimate of drug-likeness (QED) is 0.228. The maximum atomic E-state index is 7.36. The van der Waals surface area contributed by atoms with Crippen molar-refractivity contribution in [3.8, 4) is 5.88 Å². The molecule has 0 bridgehead atoms. The van der Waals surface area contributed by atoms with Crippen molar-refractivity contribution in [1.82, 2.24) is 4.57 Å². The van der Waals surface area contributed by atoms with Crippen LogP contribution < -0.4 is 24.4 Å². The maximum Gasteiger partial charge on any atom is 0.355 e.